The van der Waals surface area contributed by atoms with Crippen LogP contribution in [0, 0.1) is 5.92 Å². The van der Waals surface area contributed by atoms with E-state index in [4.69, 9.17) is 10.5 Å². The molecule has 2 N–H and O–H groups in total. The standard InChI is InChI=1S/C13H18N2O/c1-9-2-3-12(16-13(9)5-6-13)10-4-7-15-8-11(10)14/h4,7-9,12H,2-3,5-6,14H2,1H3. The summed E-state index contributed by atoms with van der Waals surface area (Å²) in [6.45, 7) is 2.30. The molecule has 3 nitrogen and oxygen atoms in total. The van der Waals surface area contributed by atoms with Crippen LogP contribution in [0.15, 0.2) is 18.5 Å². The monoisotopic (exact) mass is 218 g/mol. The number of nitrogens with two attached hydrogens (primary N) is 1. The van der Waals surface area contributed by atoms with E-state index in [0.29, 0.717) is 5.92 Å². The van der Waals surface area contributed by atoms with E-state index < -0.39 is 0 Å². The van der Waals surface area contributed by atoms with E-state index in [-0.39, 0.29) is 11.7 Å². The van der Waals surface area contributed by atoms with E-state index in [1.807, 2.05) is 6.07 Å². The fourth-order valence-electron chi connectivity index (χ4n) is 2.79. The summed E-state index contributed by atoms with van der Waals surface area (Å²) in [7, 11) is 0. The van der Waals surface area contributed by atoms with Gasteiger partial charge in [-0.05, 0) is 37.7 Å². The van der Waals surface area contributed by atoms with E-state index in [0.717, 1.165) is 17.7 Å². The van der Waals surface area contributed by atoms with Crippen LogP contribution in [-0.2, 0) is 4.74 Å². The van der Waals surface area contributed by atoms with Crippen molar-refractivity contribution in [2.75, 3.05) is 5.73 Å². The van der Waals surface area contributed by atoms with Crippen molar-refractivity contribution >= 4 is 5.69 Å². The molecule has 2 aliphatic rings. The van der Waals surface area contributed by atoms with Gasteiger partial charge in [0.05, 0.1) is 23.6 Å². The summed E-state index contributed by atoms with van der Waals surface area (Å²) in [5.41, 5.74) is 8.01. The van der Waals surface area contributed by atoms with E-state index in [1.165, 1.54) is 19.3 Å². The highest BCUT2D eigenvalue weighted by atomic mass is 16.5. The Labute approximate surface area is 96.0 Å². The van der Waals surface area contributed by atoms with Crippen LogP contribution in [-0.4, -0.2) is 10.6 Å². The first-order valence-electron chi connectivity index (χ1n) is 6.08. The molecule has 0 bridgehead atoms. The summed E-state index contributed by atoms with van der Waals surface area (Å²) in [4.78, 5) is 4.03. The molecule has 1 saturated heterocycles. The first-order chi connectivity index (χ1) is 7.71. The molecule has 1 spiro atoms. The summed E-state index contributed by atoms with van der Waals surface area (Å²) in [5.74, 6) is 0.701. The topological polar surface area (TPSA) is 48.1 Å². The summed E-state index contributed by atoms with van der Waals surface area (Å²) < 4.78 is 6.26. The number of aromatic nitrogens is 1. The van der Waals surface area contributed by atoms with E-state index in [1.54, 1.807) is 12.4 Å². The second-order valence-electron chi connectivity index (χ2n) is 5.15. The van der Waals surface area contributed by atoms with Crippen molar-refractivity contribution in [2.24, 2.45) is 5.92 Å². The molecule has 1 aromatic heterocycles. The number of nitrogen functional groups attached to an aromatic ring is 1. The molecule has 16 heavy (non-hydrogen) atoms. The molecule has 2 unspecified atom stereocenters. The zero-order chi connectivity index (χ0) is 11.2. The molecule has 1 aliphatic carbocycles. The zero-order valence-electron chi connectivity index (χ0n) is 9.65. The van der Waals surface area contributed by atoms with Gasteiger partial charge >= 0.3 is 0 Å². The molecule has 2 fully saturated rings. The third-order valence-electron chi connectivity index (χ3n) is 4.11. The van der Waals surface area contributed by atoms with Gasteiger partial charge in [-0.15, -0.1) is 0 Å². The highest BCUT2D eigenvalue weighted by molar-refractivity contribution is 5.45. The molecule has 86 valence electrons. The Morgan fingerprint density at radius 1 is 1.44 bits per heavy atom. The Kier molecular flexibility index (Phi) is 2.18. The first kappa shape index (κ1) is 10.1. The van der Waals surface area contributed by atoms with Crippen molar-refractivity contribution in [3.8, 4) is 0 Å². The third kappa shape index (κ3) is 1.50. The molecular formula is C13H18N2O. The molecule has 2 atom stereocenters. The lowest BCUT2D eigenvalue weighted by molar-refractivity contribution is -0.0991. The Bertz CT molecular complexity index is 401. The van der Waals surface area contributed by atoms with Gasteiger partial charge in [0.15, 0.2) is 0 Å². The Morgan fingerprint density at radius 2 is 2.25 bits per heavy atom. The average molecular weight is 218 g/mol. The minimum absolute atomic E-state index is 0.179. The lowest BCUT2D eigenvalue weighted by Gasteiger charge is -2.36. The van der Waals surface area contributed by atoms with Gasteiger partial charge in [-0.25, -0.2) is 0 Å². The number of anilines is 1. The normalized spacial score (nSPS) is 31.6. The summed E-state index contributed by atoms with van der Waals surface area (Å²) in [6.07, 6.45) is 8.46. The fourth-order valence-corrected chi connectivity index (χ4v) is 2.79. The van der Waals surface area contributed by atoms with Crippen molar-refractivity contribution in [1.82, 2.24) is 4.98 Å². The molecule has 1 saturated carbocycles. The van der Waals surface area contributed by atoms with Crippen LogP contribution >= 0.6 is 0 Å². The highest BCUT2D eigenvalue weighted by Crippen LogP contribution is 2.54. The maximum absolute atomic E-state index is 6.26. The van der Waals surface area contributed by atoms with Gasteiger partial charge < -0.3 is 10.5 Å². The Morgan fingerprint density at radius 3 is 2.94 bits per heavy atom. The smallest absolute Gasteiger partial charge is 0.0853 e. The van der Waals surface area contributed by atoms with Gasteiger partial charge in [0.25, 0.3) is 0 Å². The van der Waals surface area contributed by atoms with Gasteiger partial charge in [-0.1, -0.05) is 6.92 Å². The third-order valence-corrected chi connectivity index (χ3v) is 4.11. The maximum atomic E-state index is 6.26. The number of pyridine rings is 1. The quantitative estimate of drug-likeness (QED) is 0.788. The van der Waals surface area contributed by atoms with Crippen LogP contribution in [0.3, 0.4) is 0 Å². The minimum atomic E-state index is 0.179. The van der Waals surface area contributed by atoms with Crippen LogP contribution in [0.2, 0.25) is 0 Å². The van der Waals surface area contributed by atoms with Crippen molar-refractivity contribution < 1.29 is 4.74 Å². The summed E-state index contributed by atoms with van der Waals surface area (Å²) in [5, 5.41) is 0. The molecule has 2 heterocycles. The maximum Gasteiger partial charge on any atom is 0.0853 e. The van der Waals surface area contributed by atoms with Gasteiger partial charge in [-0.2, -0.15) is 0 Å². The van der Waals surface area contributed by atoms with Crippen LogP contribution in [0.25, 0.3) is 0 Å². The molecule has 1 aliphatic heterocycles. The second kappa shape index (κ2) is 3.45. The van der Waals surface area contributed by atoms with E-state index >= 15 is 0 Å². The van der Waals surface area contributed by atoms with Crippen LogP contribution in [0.5, 0.6) is 0 Å². The predicted octanol–water partition coefficient (Wildman–Crippen LogP) is 2.68. The first-order valence-corrected chi connectivity index (χ1v) is 6.08. The lowest BCUT2D eigenvalue weighted by atomic mass is 9.89. The van der Waals surface area contributed by atoms with E-state index in [9.17, 15) is 0 Å². The highest BCUT2D eigenvalue weighted by Gasteiger charge is 2.52. The number of rotatable bonds is 1. The minimum Gasteiger partial charge on any atom is -0.397 e. The Hall–Kier alpha value is -1.09. The van der Waals surface area contributed by atoms with Gasteiger partial charge in [0.2, 0.25) is 0 Å². The van der Waals surface area contributed by atoms with Gasteiger partial charge in [0, 0.05) is 11.8 Å². The molecule has 3 rings (SSSR count). The second-order valence-corrected chi connectivity index (χ2v) is 5.15. The summed E-state index contributed by atoms with van der Waals surface area (Å²) in [6, 6.07) is 1.99. The summed E-state index contributed by atoms with van der Waals surface area (Å²) >= 11 is 0. The lowest BCUT2D eigenvalue weighted by Crippen LogP contribution is -2.31. The van der Waals surface area contributed by atoms with Crippen LogP contribution < -0.4 is 5.73 Å². The van der Waals surface area contributed by atoms with Crippen molar-refractivity contribution in [1.29, 1.82) is 0 Å². The largest absolute Gasteiger partial charge is 0.397 e. The Balaban J connectivity index is 1.84. The SMILES string of the molecule is CC1CCC(c2ccncc2N)OC12CC2. The van der Waals surface area contributed by atoms with Crippen molar-refractivity contribution in [3.05, 3.63) is 24.0 Å². The number of hydrogen-bond acceptors (Lipinski definition) is 3. The van der Waals surface area contributed by atoms with Crippen molar-refractivity contribution in [2.45, 2.75) is 44.3 Å². The molecular weight excluding hydrogens is 200 g/mol. The number of nitrogens with zero attached hydrogens (tertiary/aromatic N) is 1. The average Bonchev–Trinajstić information content (AvgIpc) is 3.04. The van der Waals surface area contributed by atoms with Crippen molar-refractivity contribution in [3.63, 3.8) is 0 Å². The number of hydrogen-bond donors (Lipinski definition) is 1. The van der Waals surface area contributed by atoms with Crippen LogP contribution in [0.1, 0.15) is 44.3 Å². The zero-order valence-corrected chi connectivity index (χ0v) is 9.65. The number of ether oxygens (including phenoxy) is 1. The molecule has 0 amide bonds. The van der Waals surface area contributed by atoms with Gasteiger partial charge in [-0.3, -0.25) is 4.98 Å². The van der Waals surface area contributed by atoms with E-state index in [2.05, 4.69) is 11.9 Å². The molecule has 0 aromatic carbocycles. The van der Waals surface area contributed by atoms with Crippen LogP contribution in [0.4, 0.5) is 5.69 Å². The molecule has 1 aromatic rings. The predicted molar refractivity (Wildman–Crippen MR) is 62.8 cm³/mol. The van der Waals surface area contributed by atoms with Gasteiger partial charge in [0.1, 0.15) is 0 Å². The molecule has 3 heteroatoms. The fraction of sp³-hybridized carbons (Fsp3) is 0.615. The molecule has 0 radical (unpaired) electrons.